The van der Waals surface area contributed by atoms with Gasteiger partial charge >= 0.3 is 0 Å². The molecule has 4 heteroatoms. The van der Waals surface area contributed by atoms with Gasteiger partial charge in [0, 0.05) is 16.5 Å². The molecule has 1 aromatic heterocycles. The molecule has 0 bridgehead atoms. The fourth-order valence-corrected chi connectivity index (χ4v) is 1.40. The van der Waals surface area contributed by atoms with Crippen molar-refractivity contribution in [2.45, 2.75) is 0 Å². The molecule has 66 valence electrons. The van der Waals surface area contributed by atoms with Gasteiger partial charge in [0.05, 0.1) is 5.52 Å². The number of halogens is 2. The first kappa shape index (κ1) is 8.26. The zero-order valence-corrected chi connectivity index (χ0v) is 7.23. The van der Waals surface area contributed by atoms with Crippen molar-refractivity contribution in [3.63, 3.8) is 0 Å². The summed E-state index contributed by atoms with van der Waals surface area (Å²) in [5.41, 5.74) is -0.134. The number of aromatic amines is 1. The number of H-pyrrole nitrogens is 1. The third kappa shape index (κ3) is 1.42. The molecular weight excluding hydrogens is 193 g/mol. The fraction of sp³-hybridized carbons (Fsp3) is 0. The molecule has 0 unspecified atom stereocenters. The normalized spacial score (nSPS) is 10.6. The van der Waals surface area contributed by atoms with Crippen molar-refractivity contribution >= 4 is 22.5 Å². The number of rotatable bonds is 0. The Kier molecular flexibility index (Phi) is 1.81. The predicted molar refractivity (Wildman–Crippen MR) is 49.5 cm³/mol. The first-order valence-corrected chi connectivity index (χ1v) is 4.03. The molecule has 0 aliphatic carbocycles. The largest absolute Gasteiger partial charge is 0.319 e. The average Bonchev–Trinajstić information content (AvgIpc) is 2.06. The van der Waals surface area contributed by atoms with Crippen LogP contribution in [0.4, 0.5) is 4.39 Å². The Balaban J connectivity index is 2.95. The smallest absolute Gasteiger partial charge is 0.248 e. The van der Waals surface area contributed by atoms with Crippen molar-refractivity contribution in [1.82, 2.24) is 4.98 Å². The van der Waals surface area contributed by atoms with Crippen molar-refractivity contribution in [2.75, 3.05) is 0 Å². The van der Waals surface area contributed by atoms with E-state index in [1.54, 1.807) is 6.07 Å². The molecule has 2 aromatic rings. The molecule has 0 amide bonds. The summed E-state index contributed by atoms with van der Waals surface area (Å²) in [5, 5.41) is 0.904. The predicted octanol–water partition coefficient (Wildman–Crippen LogP) is 2.32. The molecule has 0 atom stereocenters. The zero-order valence-electron chi connectivity index (χ0n) is 6.47. The first-order chi connectivity index (χ1) is 6.16. The number of nitrogens with one attached hydrogen (secondary N) is 1. The number of aromatic nitrogens is 1. The van der Waals surface area contributed by atoms with E-state index < -0.39 is 5.82 Å². The minimum absolute atomic E-state index is 0.192. The summed E-state index contributed by atoms with van der Waals surface area (Å²) in [4.78, 5) is 13.3. The maximum absolute atomic E-state index is 13.2. The molecule has 2 rings (SSSR count). The summed E-state index contributed by atoms with van der Waals surface area (Å²) in [6.45, 7) is 0. The zero-order chi connectivity index (χ0) is 9.42. The summed E-state index contributed by atoms with van der Waals surface area (Å²) in [6, 6.07) is 5.62. The fourth-order valence-electron chi connectivity index (χ4n) is 1.19. The van der Waals surface area contributed by atoms with Gasteiger partial charge in [-0.15, -0.1) is 0 Å². The molecule has 0 fully saturated rings. The van der Waals surface area contributed by atoms with Crippen molar-refractivity contribution in [1.29, 1.82) is 0 Å². The van der Waals surface area contributed by atoms with Crippen LogP contribution in [0.3, 0.4) is 0 Å². The number of pyridine rings is 1. The minimum atomic E-state index is -0.514. The number of benzene rings is 1. The van der Waals surface area contributed by atoms with Gasteiger partial charge in [-0.2, -0.15) is 0 Å². The second kappa shape index (κ2) is 2.85. The quantitative estimate of drug-likeness (QED) is 0.691. The molecule has 1 heterocycles. The molecule has 2 nitrogen and oxygen atoms in total. The van der Waals surface area contributed by atoms with Gasteiger partial charge < -0.3 is 4.98 Å². The Bertz CT molecular complexity index is 520. The topological polar surface area (TPSA) is 32.9 Å². The van der Waals surface area contributed by atoms with E-state index in [9.17, 15) is 9.18 Å². The Hall–Kier alpha value is -1.35. The van der Waals surface area contributed by atoms with Crippen molar-refractivity contribution < 1.29 is 4.39 Å². The Morgan fingerprint density at radius 3 is 2.85 bits per heavy atom. The van der Waals surface area contributed by atoms with Crippen LogP contribution in [-0.2, 0) is 0 Å². The third-order valence-electron chi connectivity index (χ3n) is 1.75. The van der Waals surface area contributed by atoms with Crippen molar-refractivity contribution in [3.05, 3.63) is 45.5 Å². The Morgan fingerprint density at radius 2 is 2.08 bits per heavy atom. The minimum Gasteiger partial charge on any atom is -0.319 e. The molecule has 0 aliphatic heterocycles. The van der Waals surface area contributed by atoms with Gasteiger partial charge in [-0.05, 0) is 18.2 Å². The summed E-state index contributed by atoms with van der Waals surface area (Å²) >= 11 is 5.63. The number of fused-ring (bicyclic) bond motifs is 1. The highest BCUT2D eigenvalue weighted by Gasteiger charge is 2.02. The van der Waals surface area contributed by atoms with Crippen LogP contribution in [0.1, 0.15) is 0 Å². The highest BCUT2D eigenvalue weighted by atomic mass is 35.5. The van der Waals surface area contributed by atoms with Gasteiger partial charge in [0.2, 0.25) is 5.56 Å². The second-order valence-corrected chi connectivity index (χ2v) is 3.11. The first-order valence-electron chi connectivity index (χ1n) is 3.65. The van der Waals surface area contributed by atoms with Crippen LogP contribution in [0.25, 0.3) is 10.9 Å². The molecule has 0 spiro atoms. The third-order valence-corrected chi connectivity index (χ3v) is 1.97. The summed E-state index contributed by atoms with van der Waals surface area (Å²) < 4.78 is 13.2. The lowest BCUT2D eigenvalue weighted by Gasteiger charge is -1.98. The maximum Gasteiger partial charge on any atom is 0.248 e. The van der Waals surface area contributed by atoms with E-state index in [1.807, 2.05) is 0 Å². The van der Waals surface area contributed by atoms with Crippen LogP contribution in [0.2, 0.25) is 5.02 Å². The summed E-state index contributed by atoms with van der Waals surface area (Å²) in [7, 11) is 0. The second-order valence-electron chi connectivity index (χ2n) is 2.67. The lowest BCUT2D eigenvalue weighted by Crippen LogP contribution is -2.03. The van der Waals surface area contributed by atoms with Gasteiger partial charge in [0.25, 0.3) is 0 Å². The van der Waals surface area contributed by atoms with Crippen LogP contribution < -0.4 is 5.56 Å². The van der Waals surface area contributed by atoms with E-state index in [2.05, 4.69) is 4.98 Å². The summed E-state index contributed by atoms with van der Waals surface area (Å²) in [6.07, 6.45) is 0. The molecule has 0 radical (unpaired) electrons. The highest BCUT2D eigenvalue weighted by Crippen LogP contribution is 2.19. The van der Waals surface area contributed by atoms with E-state index in [-0.39, 0.29) is 11.1 Å². The molecule has 0 saturated heterocycles. The lowest BCUT2D eigenvalue weighted by atomic mass is 10.2. The standard InChI is InChI=1S/C9H5ClFNO/c10-6-3-5-1-2-8(13)12-9(5)7(11)4-6/h1-4H,(H,12,13). The van der Waals surface area contributed by atoms with Gasteiger partial charge in [-0.3, -0.25) is 4.79 Å². The molecule has 0 aliphatic rings. The van der Waals surface area contributed by atoms with Gasteiger partial charge in [0.1, 0.15) is 5.82 Å². The summed E-state index contributed by atoms with van der Waals surface area (Å²) in [5.74, 6) is -0.514. The van der Waals surface area contributed by atoms with Gasteiger partial charge in [-0.1, -0.05) is 11.6 Å². The van der Waals surface area contributed by atoms with E-state index in [4.69, 9.17) is 11.6 Å². The maximum atomic E-state index is 13.2. The molecule has 0 saturated carbocycles. The van der Waals surface area contributed by atoms with Gasteiger partial charge in [-0.25, -0.2) is 4.39 Å². The molecular formula is C9H5ClFNO. The van der Waals surface area contributed by atoms with Crippen LogP contribution in [0.5, 0.6) is 0 Å². The van der Waals surface area contributed by atoms with Crippen LogP contribution in [0, 0.1) is 5.82 Å². The molecule has 13 heavy (non-hydrogen) atoms. The van der Waals surface area contributed by atoms with E-state index in [1.165, 1.54) is 18.2 Å². The van der Waals surface area contributed by atoms with Crippen LogP contribution in [0.15, 0.2) is 29.1 Å². The Labute approximate surface area is 78.0 Å². The SMILES string of the molecule is O=c1ccc2cc(Cl)cc(F)c2[nH]1. The van der Waals surface area contributed by atoms with Crippen LogP contribution >= 0.6 is 11.6 Å². The average molecular weight is 198 g/mol. The van der Waals surface area contributed by atoms with Crippen LogP contribution in [-0.4, -0.2) is 4.98 Å². The van der Waals surface area contributed by atoms with E-state index >= 15 is 0 Å². The van der Waals surface area contributed by atoms with E-state index in [0.29, 0.717) is 10.4 Å². The van der Waals surface area contributed by atoms with E-state index in [0.717, 1.165) is 0 Å². The van der Waals surface area contributed by atoms with Gasteiger partial charge in [0.15, 0.2) is 0 Å². The van der Waals surface area contributed by atoms with Crippen molar-refractivity contribution in [2.24, 2.45) is 0 Å². The number of hydrogen-bond donors (Lipinski definition) is 1. The molecule has 1 N–H and O–H groups in total. The number of hydrogen-bond acceptors (Lipinski definition) is 1. The lowest BCUT2D eigenvalue weighted by molar-refractivity contribution is 0.636. The molecule has 1 aromatic carbocycles. The highest BCUT2D eigenvalue weighted by molar-refractivity contribution is 6.31. The van der Waals surface area contributed by atoms with Crippen molar-refractivity contribution in [3.8, 4) is 0 Å². The Morgan fingerprint density at radius 1 is 1.31 bits per heavy atom. The monoisotopic (exact) mass is 197 g/mol.